The van der Waals surface area contributed by atoms with Crippen LogP contribution >= 0.6 is 11.8 Å². The Labute approximate surface area is 179 Å². The van der Waals surface area contributed by atoms with Crippen molar-refractivity contribution in [2.75, 3.05) is 17.3 Å². The second kappa shape index (κ2) is 8.39. The molecule has 5 rings (SSSR count). The summed E-state index contributed by atoms with van der Waals surface area (Å²) in [6, 6.07) is 15.9. The van der Waals surface area contributed by atoms with Crippen molar-refractivity contribution in [3.63, 3.8) is 0 Å². The van der Waals surface area contributed by atoms with Gasteiger partial charge in [-0.1, -0.05) is 48.2 Å². The summed E-state index contributed by atoms with van der Waals surface area (Å²) in [5.41, 5.74) is 3.71. The molecule has 8 heteroatoms. The topological polar surface area (TPSA) is 69.5 Å². The van der Waals surface area contributed by atoms with Crippen LogP contribution in [0.25, 0.3) is 0 Å². The number of aromatic nitrogens is 3. The number of nitrogens with zero attached hydrogens (tertiary/aromatic N) is 4. The van der Waals surface area contributed by atoms with Crippen LogP contribution in [0.15, 0.2) is 53.7 Å². The van der Waals surface area contributed by atoms with Crippen molar-refractivity contribution >= 4 is 17.9 Å². The van der Waals surface area contributed by atoms with Gasteiger partial charge in [0.2, 0.25) is 5.16 Å². The van der Waals surface area contributed by atoms with Crippen LogP contribution in [-0.2, 0) is 30.8 Å². The average molecular weight is 423 g/mol. The fraction of sp³-hybridized carbons (Fsp3) is 0.318. The highest BCUT2D eigenvalue weighted by Gasteiger charge is 2.28. The van der Waals surface area contributed by atoms with E-state index in [4.69, 9.17) is 9.47 Å². The zero-order valence-corrected chi connectivity index (χ0v) is 17.3. The zero-order valence-electron chi connectivity index (χ0n) is 16.5. The van der Waals surface area contributed by atoms with Crippen LogP contribution in [-0.4, -0.2) is 33.3 Å². The molecule has 0 saturated heterocycles. The lowest BCUT2D eigenvalue weighted by atomic mass is 10.1. The third kappa shape index (κ3) is 3.87. The number of aryl methyl sites for hydroxylation is 2. The molecule has 2 heterocycles. The number of rotatable bonds is 5. The number of thioether (sulfide) groups is 1. The van der Waals surface area contributed by atoms with Crippen LogP contribution in [0, 0.1) is 0 Å². The molecule has 1 amide bonds. The fourth-order valence-electron chi connectivity index (χ4n) is 3.79. The van der Waals surface area contributed by atoms with Gasteiger partial charge in [0.05, 0.1) is 6.54 Å². The zero-order chi connectivity index (χ0) is 20.3. The van der Waals surface area contributed by atoms with E-state index in [1.807, 2.05) is 36.4 Å². The first-order chi connectivity index (χ1) is 14.8. The molecule has 3 aromatic rings. The quantitative estimate of drug-likeness (QED) is 0.624. The van der Waals surface area contributed by atoms with Crippen molar-refractivity contribution in [1.29, 1.82) is 0 Å². The van der Waals surface area contributed by atoms with Crippen LogP contribution in [0.1, 0.15) is 28.9 Å². The van der Waals surface area contributed by atoms with Gasteiger partial charge in [-0.25, -0.2) is 14.5 Å². The minimum atomic E-state index is -0.418. The van der Waals surface area contributed by atoms with Gasteiger partial charge in [0.25, 0.3) is 0 Å². The average Bonchev–Trinajstić information content (AvgIpc) is 3.43. The summed E-state index contributed by atoms with van der Waals surface area (Å²) in [6.45, 7) is 0.978. The number of ether oxygens (including phenoxy) is 2. The summed E-state index contributed by atoms with van der Waals surface area (Å²) in [7, 11) is 0. The van der Waals surface area contributed by atoms with Gasteiger partial charge in [-0.2, -0.15) is 0 Å². The monoisotopic (exact) mass is 422 g/mol. The van der Waals surface area contributed by atoms with E-state index in [2.05, 4.69) is 22.3 Å². The maximum atomic E-state index is 12.8. The Kier molecular flexibility index (Phi) is 5.31. The third-order valence-electron chi connectivity index (χ3n) is 5.31. The van der Waals surface area contributed by atoms with Crippen molar-refractivity contribution in [2.24, 2.45) is 0 Å². The number of carbonyl (C=O) groups excluding carboxylic acids is 1. The van der Waals surface area contributed by atoms with Crippen LogP contribution in [0.2, 0.25) is 0 Å². The third-order valence-corrected chi connectivity index (χ3v) is 6.21. The number of carbonyl (C=O) groups is 1. The molecular formula is C22H22N4O3S. The number of fused-ring (bicyclic) bond motifs is 2. The molecule has 0 N–H and O–H groups in total. The summed E-state index contributed by atoms with van der Waals surface area (Å²) in [4.78, 5) is 12.8. The lowest BCUT2D eigenvalue weighted by Crippen LogP contribution is -2.46. The summed E-state index contributed by atoms with van der Waals surface area (Å²) in [6.07, 6.45) is 3.03. The predicted octanol–water partition coefficient (Wildman–Crippen LogP) is 3.73. The van der Waals surface area contributed by atoms with E-state index >= 15 is 0 Å². The molecule has 7 nitrogen and oxygen atoms in total. The Balaban J connectivity index is 1.29. The summed E-state index contributed by atoms with van der Waals surface area (Å²) < 4.78 is 13.2. The number of benzene rings is 2. The van der Waals surface area contributed by atoms with E-state index in [0.717, 1.165) is 29.9 Å². The Bertz CT molecular complexity index is 1050. The molecular weight excluding hydrogens is 400 g/mol. The van der Waals surface area contributed by atoms with Gasteiger partial charge >= 0.3 is 6.09 Å². The summed E-state index contributed by atoms with van der Waals surface area (Å²) in [5, 5.41) is 10.7. The molecule has 1 aromatic heterocycles. The van der Waals surface area contributed by atoms with Gasteiger partial charge < -0.3 is 9.47 Å². The molecule has 0 bridgehead atoms. The normalized spacial score (nSPS) is 14.9. The largest absolute Gasteiger partial charge is 0.486 e. The fourth-order valence-corrected chi connectivity index (χ4v) is 4.67. The van der Waals surface area contributed by atoms with E-state index < -0.39 is 6.09 Å². The SMILES string of the molecule is O=C(OCc1ccccc1)N1CCSc2nnc(COc3ccc4c(c3)CCC4)n21. The molecule has 0 atom stereocenters. The first-order valence-corrected chi connectivity index (χ1v) is 11.1. The van der Waals surface area contributed by atoms with Crippen molar-refractivity contribution in [3.8, 4) is 5.75 Å². The molecule has 1 aliphatic heterocycles. The predicted molar refractivity (Wildman–Crippen MR) is 113 cm³/mol. The van der Waals surface area contributed by atoms with Gasteiger partial charge in [0.1, 0.15) is 19.0 Å². The molecule has 0 spiro atoms. The van der Waals surface area contributed by atoms with Crippen LogP contribution in [0.4, 0.5) is 4.79 Å². The second-order valence-electron chi connectivity index (χ2n) is 7.30. The Morgan fingerprint density at radius 2 is 1.90 bits per heavy atom. The van der Waals surface area contributed by atoms with Gasteiger partial charge in [0.15, 0.2) is 5.82 Å². The van der Waals surface area contributed by atoms with E-state index in [1.54, 1.807) is 21.4 Å². The molecule has 0 radical (unpaired) electrons. The number of hydrogen-bond acceptors (Lipinski definition) is 6. The van der Waals surface area contributed by atoms with E-state index in [-0.39, 0.29) is 13.2 Å². The lowest BCUT2D eigenvalue weighted by molar-refractivity contribution is 0.138. The maximum absolute atomic E-state index is 12.8. The minimum absolute atomic E-state index is 0.224. The minimum Gasteiger partial charge on any atom is -0.486 e. The van der Waals surface area contributed by atoms with E-state index in [9.17, 15) is 4.79 Å². The van der Waals surface area contributed by atoms with E-state index in [1.165, 1.54) is 17.5 Å². The highest BCUT2D eigenvalue weighted by Crippen LogP contribution is 2.27. The smallest absolute Gasteiger partial charge is 0.429 e. The molecule has 0 fully saturated rings. The van der Waals surface area contributed by atoms with Gasteiger partial charge in [-0.15, -0.1) is 10.2 Å². The van der Waals surface area contributed by atoms with Gasteiger partial charge in [-0.3, -0.25) is 0 Å². The van der Waals surface area contributed by atoms with Gasteiger partial charge in [0, 0.05) is 5.75 Å². The molecule has 1 aliphatic carbocycles. The van der Waals surface area contributed by atoms with Crippen molar-refractivity contribution < 1.29 is 14.3 Å². The first-order valence-electron chi connectivity index (χ1n) is 10.1. The molecule has 154 valence electrons. The molecule has 0 saturated carbocycles. The highest BCUT2D eigenvalue weighted by molar-refractivity contribution is 7.99. The number of amides is 1. The highest BCUT2D eigenvalue weighted by atomic mass is 32.2. The summed E-state index contributed by atoms with van der Waals surface area (Å²) >= 11 is 1.57. The molecule has 2 aromatic carbocycles. The lowest BCUT2D eigenvalue weighted by Gasteiger charge is -2.28. The Hall–Kier alpha value is -3.00. The maximum Gasteiger partial charge on any atom is 0.429 e. The summed E-state index contributed by atoms with van der Waals surface area (Å²) in [5.74, 6) is 2.13. The molecule has 2 aliphatic rings. The van der Waals surface area contributed by atoms with Crippen molar-refractivity contribution in [2.45, 2.75) is 37.6 Å². The van der Waals surface area contributed by atoms with Gasteiger partial charge in [-0.05, 0) is 48.1 Å². The molecule has 30 heavy (non-hydrogen) atoms. The Morgan fingerprint density at radius 3 is 2.80 bits per heavy atom. The van der Waals surface area contributed by atoms with Crippen molar-refractivity contribution in [3.05, 3.63) is 71.0 Å². The van der Waals surface area contributed by atoms with Crippen molar-refractivity contribution in [1.82, 2.24) is 14.9 Å². The Morgan fingerprint density at radius 1 is 1.03 bits per heavy atom. The standard InChI is InChI=1S/C22H22N4O3S/c27-22(29-14-16-5-2-1-3-6-16)25-11-12-30-21-24-23-20(26(21)25)15-28-19-10-9-17-7-4-8-18(17)13-19/h1-3,5-6,9-10,13H,4,7-8,11-12,14-15H2. The van der Waals surface area contributed by atoms with Crippen LogP contribution in [0.5, 0.6) is 5.75 Å². The van der Waals surface area contributed by atoms with E-state index in [0.29, 0.717) is 17.5 Å². The first kappa shape index (κ1) is 19.0. The molecule has 0 unspecified atom stereocenters. The van der Waals surface area contributed by atoms with Crippen LogP contribution < -0.4 is 9.75 Å². The van der Waals surface area contributed by atoms with Crippen LogP contribution in [0.3, 0.4) is 0 Å². The number of hydrogen-bond donors (Lipinski definition) is 0. The second-order valence-corrected chi connectivity index (χ2v) is 8.36.